The molecule has 0 spiro atoms. The van der Waals surface area contributed by atoms with Crippen LogP contribution in [0.15, 0.2) is 36.5 Å². The predicted octanol–water partition coefficient (Wildman–Crippen LogP) is 4.70. The number of pyridine rings is 1. The van der Waals surface area contributed by atoms with Gasteiger partial charge in [0.05, 0.1) is 30.8 Å². The molecular weight excluding hydrogens is 391 g/mol. The number of amides is 1. The molecule has 1 aliphatic rings. The first-order valence-electron chi connectivity index (χ1n) is 8.68. The summed E-state index contributed by atoms with van der Waals surface area (Å²) in [5, 5.41) is 3.57. The number of rotatable bonds is 8. The van der Waals surface area contributed by atoms with Crippen molar-refractivity contribution in [3.8, 4) is 11.6 Å². The minimum Gasteiger partial charge on any atom is -0.438 e. The number of ether oxygens (including phenoxy) is 3. The first-order chi connectivity index (χ1) is 13.1. The molecule has 3 rings (SSSR count). The van der Waals surface area contributed by atoms with Crippen LogP contribution in [0.3, 0.4) is 0 Å². The van der Waals surface area contributed by atoms with Crippen molar-refractivity contribution in [3.05, 3.63) is 46.6 Å². The number of aromatic nitrogens is 1. The summed E-state index contributed by atoms with van der Waals surface area (Å²) in [7, 11) is 0. The van der Waals surface area contributed by atoms with Gasteiger partial charge in [-0.15, -0.1) is 0 Å². The highest BCUT2D eigenvalue weighted by Gasteiger charge is 2.15. The molecule has 1 aromatic heterocycles. The Balaban J connectivity index is 1.42. The van der Waals surface area contributed by atoms with Gasteiger partial charge in [0.2, 0.25) is 11.8 Å². The third-order valence-corrected chi connectivity index (χ3v) is 4.41. The van der Waals surface area contributed by atoms with Gasteiger partial charge >= 0.3 is 0 Å². The Hall–Kier alpha value is -1.86. The molecule has 2 heterocycles. The van der Waals surface area contributed by atoms with Crippen molar-refractivity contribution in [1.82, 2.24) is 4.98 Å². The van der Waals surface area contributed by atoms with Gasteiger partial charge < -0.3 is 19.5 Å². The maximum absolute atomic E-state index is 12.0. The summed E-state index contributed by atoms with van der Waals surface area (Å²) in [4.78, 5) is 16.0. The summed E-state index contributed by atoms with van der Waals surface area (Å²) >= 11 is 11.8. The summed E-state index contributed by atoms with van der Waals surface area (Å²) in [6.45, 7) is 1.71. The molecule has 27 heavy (non-hydrogen) atoms. The van der Waals surface area contributed by atoms with Crippen LogP contribution in [0.5, 0.6) is 11.6 Å². The normalized spacial score (nSPS) is 16.3. The Kier molecular flexibility index (Phi) is 7.29. The Morgan fingerprint density at radius 3 is 2.81 bits per heavy atom. The van der Waals surface area contributed by atoms with Gasteiger partial charge in [0, 0.05) is 18.5 Å². The lowest BCUT2D eigenvalue weighted by atomic mass is 10.2. The fraction of sp³-hybridized carbons (Fsp3) is 0.368. The maximum atomic E-state index is 12.0. The van der Waals surface area contributed by atoms with Crippen molar-refractivity contribution in [2.75, 3.05) is 25.1 Å². The molecule has 1 saturated heterocycles. The Bertz CT molecular complexity index is 765. The number of halogens is 2. The third kappa shape index (κ3) is 6.36. The zero-order chi connectivity index (χ0) is 19.1. The van der Waals surface area contributed by atoms with E-state index in [0.717, 1.165) is 19.4 Å². The summed E-state index contributed by atoms with van der Waals surface area (Å²) in [6, 6.07) is 8.47. The van der Waals surface area contributed by atoms with Crippen LogP contribution in [0.4, 0.5) is 5.69 Å². The number of hydrogen-bond donors (Lipinski definition) is 1. The van der Waals surface area contributed by atoms with Gasteiger partial charge in [0.1, 0.15) is 10.8 Å². The van der Waals surface area contributed by atoms with E-state index in [1.54, 1.807) is 30.3 Å². The lowest BCUT2D eigenvalue weighted by Crippen LogP contribution is -2.18. The zero-order valence-corrected chi connectivity index (χ0v) is 16.1. The van der Waals surface area contributed by atoms with Crippen LogP contribution < -0.4 is 10.1 Å². The third-order valence-electron chi connectivity index (χ3n) is 3.93. The minimum atomic E-state index is -0.113. The first-order valence-corrected chi connectivity index (χ1v) is 9.44. The monoisotopic (exact) mass is 410 g/mol. The molecule has 1 amide bonds. The molecule has 1 aromatic carbocycles. The zero-order valence-electron chi connectivity index (χ0n) is 14.6. The van der Waals surface area contributed by atoms with E-state index >= 15 is 0 Å². The first kappa shape index (κ1) is 19.9. The second-order valence-corrected chi connectivity index (χ2v) is 6.92. The number of carbonyl (C=O) groups excluding carboxylic acids is 1. The molecule has 0 saturated carbocycles. The highest BCUT2D eigenvalue weighted by Crippen LogP contribution is 2.29. The van der Waals surface area contributed by atoms with E-state index in [1.165, 1.54) is 6.20 Å². The molecule has 6 nitrogen and oxygen atoms in total. The quantitative estimate of drug-likeness (QED) is 0.638. The Labute approximate surface area is 167 Å². The molecule has 0 radical (unpaired) electrons. The van der Waals surface area contributed by atoms with Crippen molar-refractivity contribution in [2.24, 2.45) is 0 Å². The molecule has 1 fully saturated rings. The van der Waals surface area contributed by atoms with Crippen LogP contribution in [0.1, 0.15) is 19.3 Å². The smallest absolute Gasteiger partial charge is 0.238 e. The van der Waals surface area contributed by atoms with E-state index in [9.17, 15) is 4.79 Å². The summed E-state index contributed by atoms with van der Waals surface area (Å²) in [6.07, 6.45) is 4.02. The molecule has 1 aliphatic heterocycles. The molecule has 0 bridgehead atoms. The number of carbonyl (C=O) groups is 1. The van der Waals surface area contributed by atoms with Crippen molar-refractivity contribution >= 4 is 34.8 Å². The van der Waals surface area contributed by atoms with Crippen LogP contribution in [0.25, 0.3) is 0 Å². The number of nitrogens with one attached hydrogen (secondary N) is 1. The lowest BCUT2D eigenvalue weighted by Gasteiger charge is -2.10. The van der Waals surface area contributed by atoms with Crippen LogP contribution in [-0.4, -0.2) is 36.8 Å². The fourth-order valence-corrected chi connectivity index (χ4v) is 2.99. The van der Waals surface area contributed by atoms with Crippen molar-refractivity contribution in [3.63, 3.8) is 0 Å². The van der Waals surface area contributed by atoms with Crippen molar-refractivity contribution in [1.29, 1.82) is 0 Å². The minimum absolute atomic E-state index is 0.113. The topological polar surface area (TPSA) is 69.7 Å². The largest absolute Gasteiger partial charge is 0.438 e. The van der Waals surface area contributed by atoms with Crippen LogP contribution >= 0.6 is 23.2 Å². The van der Waals surface area contributed by atoms with Crippen molar-refractivity contribution in [2.45, 2.75) is 25.4 Å². The SMILES string of the molecule is O=C(CCOCC1CCCO1)Nc1ccc(Oc2ncc(Cl)cc2Cl)cc1. The summed E-state index contributed by atoms with van der Waals surface area (Å²) in [5.41, 5.74) is 0.668. The van der Waals surface area contributed by atoms with Gasteiger partial charge in [-0.1, -0.05) is 23.2 Å². The molecule has 1 atom stereocenters. The van der Waals surface area contributed by atoms with Crippen LogP contribution in [0, 0.1) is 0 Å². The van der Waals surface area contributed by atoms with E-state index in [-0.39, 0.29) is 24.3 Å². The molecule has 1 unspecified atom stereocenters. The molecule has 144 valence electrons. The number of nitrogens with zero attached hydrogens (tertiary/aromatic N) is 1. The molecule has 8 heteroatoms. The van der Waals surface area contributed by atoms with E-state index in [1.807, 2.05) is 0 Å². The maximum Gasteiger partial charge on any atom is 0.238 e. The Morgan fingerprint density at radius 2 is 2.11 bits per heavy atom. The highest BCUT2D eigenvalue weighted by atomic mass is 35.5. The average molecular weight is 411 g/mol. The lowest BCUT2D eigenvalue weighted by molar-refractivity contribution is -0.117. The molecule has 0 aliphatic carbocycles. The second kappa shape index (κ2) is 9.90. The standard InChI is InChI=1S/C19H20Cl2N2O4/c20-13-10-17(21)19(22-11-13)27-15-5-3-14(4-6-15)23-18(24)7-9-25-12-16-2-1-8-26-16/h3-6,10-11,16H,1-2,7-9,12H2,(H,23,24). The van der Waals surface area contributed by atoms with Crippen LogP contribution in [-0.2, 0) is 14.3 Å². The van der Waals surface area contributed by atoms with Gasteiger partial charge in [-0.3, -0.25) is 4.79 Å². The molecule has 1 N–H and O–H groups in total. The fourth-order valence-electron chi connectivity index (χ4n) is 2.57. The number of benzene rings is 1. The number of anilines is 1. The van der Waals surface area contributed by atoms with Gasteiger partial charge in [-0.25, -0.2) is 4.98 Å². The average Bonchev–Trinajstić information content (AvgIpc) is 3.16. The van der Waals surface area contributed by atoms with E-state index in [2.05, 4.69) is 10.3 Å². The van der Waals surface area contributed by atoms with E-state index in [4.69, 9.17) is 37.4 Å². The molecular formula is C19H20Cl2N2O4. The second-order valence-electron chi connectivity index (χ2n) is 6.08. The van der Waals surface area contributed by atoms with Crippen LogP contribution in [0.2, 0.25) is 10.0 Å². The number of hydrogen-bond acceptors (Lipinski definition) is 5. The van der Waals surface area contributed by atoms with Crippen molar-refractivity contribution < 1.29 is 19.0 Å². The van der Waals surface area contributed by atoms with Gasteiger partial charge in [0.15, 0.2) is 0 Å². The summed E-state index contributed by atoms with van der Waals surface area (Å²) in [5.74, 6) is 0.698. The van der Waals surface area contributed by atoms with E-state index in [0.29, 0.717) is 34.7 Å². The molecule has 2 aromatic rings. The Morgan fingerprint density at radius 1 is 1.30 bits per heavy atom. The summed E-state index contributed by atoms with van der Waals surface area (Å²) < 4.78 is 16.6. The highest BCUT2D eigenvalue weighted by molar-refractivity contribution is 6.35. The van der Waals surface area contributed by atoms with Gasteiger partial charge in [-0.05, 0) is 43.2 Å². The van der Waals surface area contributed by atoms with E-state index < -0.39 is 0 Å². The van der Waals surface area contributed by atoms with Gasteiger partial charge in [-0.2, -0.15) is 0 Å². The predicted molar refractivity (Wildman–Crippen MR) is 104 cm³/mol. The van der Waals surface area contributed by atoms with Gasteiger partial charge in [0.25, 0.3) is 0 Å².